The largest absolute Gasteiger partial charge is 0.309 e. The van der Waals surface area contributed by atoms with Gasteiger partial charge >= 0.3 is 0 Å². The summed E-state index contributed by atoms with van der Waals surface area (Å²) >= 11 is 0. The molecule has 6 nitrogen and oxygen atoms in total. The Morgan fingerprint density at radius 2 is 2.12 bits per heavy atom. The van der Waals surface area contributed by atoms with E-state index in [4.69, 9.17) is 0 Å². The summed E-state index contributed by atoms with van der Waals surface area (Å²) in [6, 6.07) is 7.10. The Balaban J connectivity index is 1.64. The zero-order valence-corrected chi connectivity index (χ0v) is 14.9. The van der Waals surface area contributed by atoms with E-state index in [9.17, 15) is 4.79 Å². The molecule has 130 valence electrons. The highest BCUT2D eigenvalue weighted by atomic mass is 16.1. The molecule has 0 spiro atoms. The van der Waals surface area contributed by atoms with E-state index >= 15 is 0 Å². The third-order valence-corrected chi connectivity index (χ3v) is 5.28. The quantitative estimate of drug-likeness (QED) is 0.798. The van der Waals surface area contributed by atoms with Gasteiger partial charge in [0, 0.05) is 13.1 Å². The molecule has 1 N–H and O–H groups in total. The molecule has 0 saturated carbocycles. The van der Waals surface area contributed by atoms with Crippen LogP contribution in [0.2, 0.25) is 0 Å². The Morgan fingerprint density at radius 1 is 1.28 bits per heavy atom. The molecule has 6 heteroatoms. The molecule has 1 fully saturated rings. The lowest BCUT2D eigenvalue weighted by atomic mass is 9.99. The number of hydrogen-bond acceptors (Lipinski definition) is 4. The van der Waals surface area contributed by atoms with E-state index in [0.717, 1.165) is 19.4 Å². The van der Waals surface area contributed by atoms with Crippen molar-refractivity contribution in [1.82, 2.24) is 24.6 Å². The van der Waals surface area contributed by atoms with Crippen LogP contribution in [0.1, 0.15) is 41.4 Å². The molecule has 0 aliphatic carbocycles. The Morgan fingerprint density at radius 3 is 2.92 bits per heavy atom. The van der Waals surface area contributed by atoms with Crippen LogP contribution in [0.4, 0.5) is 0 Å². The molecule has 1 aliphatic rings. The third kappa shape index (κ3) is 2.87. The number of H-pyrrole nitrogens is 1. The zero-order valence-electron chi connectivity index (χ0n) is 14.9. The Labute approximate surface area is 146 Å². The van der Waals surface area contributed by atoms with Gasteiger partial charge in [0.15, 0.2) is 5.65 Å². The molecule has 1 unspecified atom stereocenters. The van der Waals surface area contributed by atoms with E-state index in [1.165, 1.54) is 16.7 Å². The van der Waals surface area contributed by atoms with E-state index in [0.29, 0.717) is 29.4 Å². The van der Waals surface area contributed by atoms with Crippen molar-refractivity contribution >= 4 is 11.0 Å². The SMILES string of the molecule is Cc1ccc(C2CCCN2Cc2nc3c(cnn3C)c(=O)[nH]2)cc1C. The van der Waals surface area contributed by atoms with Crippen LogP contribution in [0.15, 0.2) is 29.2 Å². The van der Waals surface area contributed by atoms with Gasteiger partial charge in [-0.25, -0.2) is 4.98 Å². The number of aromatic nitrogens is 4. The number of aromatic amines is 1. The smallest absolute Gasteiger partial charge is 0.262 e. The first-order valence-electron chi connectivity index (χ1n) is 8.75. The van der Waals surface area contributed by atoms with Crippen LogP contribution in [0.3, 0.4) is 0 Å². The molecule has 2 aromatic heterocycles. The average Bonchev–Trinajstić information content (AvgIpc) is 3.18. The molecule has 3 aromatic rings. The van der Waals surface area contributed by atoms with Gasteiger partial charge in [-0.3, -0.25) is 14.4 Å². The van der Waals surface area contributed by atoms with Crippen molar-refractivity contribution in [2.75, 3.05) is 6.54 Å². The molecule has 25 heavy (non-hydrogen) atoms. The van der Waals surface area contributed by atoms with Gasteiger partial charge in [0.05, 0.1) is 12.7 Å². The molecule has 1 saturated heterocycles. The number of likely N-dealkylation sites (tertiary alicyclic amines) is 1. The van der Waals surface area contributed by atoms with Crippen LogP contribution in [-0.2, 0) is 13.6 Å². The van der Waals surface area contributed by atoms with Crippen molar-refractivity contribution in [2.24, 2.45) is 7.05 Å². The number of benzene rings is 1. The highest BCUT2D eigenvalue weighted by Crippen LogP contribution is 2.33. The summed E-state index contributed by atoms with van der Waals surface area (Å²) in [6.45, 7) is 5.97. The number of aryl methyl sites for hydroxylation is 3. The number of nitrogens with zero attached hydrogens (tertiary/aromatic N) is 4. The Hall–Kier alpha value is -2.47. The van der Waals surface area contributed by atoms with Crippen molar-refractivity contribution in [1.29, 1.82) is 0 Å². The lowest BCUT2D eigenvalue weighted by Gasteiger charge is -2.24. The lowest BCUT2D eigenvalue weighted by molar-refractivity contribution is 0.242. The van der Waals surface area contributed by atoms with Gasteiger partial charge in [0.2, 0.25) is 0 Å². The average molecular weight is 337 g/mol. The van der Waals surface area contributed by atoms with Crippen molar-refractivity contribution in [3.63, 3.8) is 0 Å². The minimum atomic E-state index is -0.116. The van der Waals surface area contributed by atoms with Crippen LogP contribution in [0.25, 0.3) is 11.0 Å². The number of fused-ring (bicyclic) bond motifs is 1. The minimum absolute atomic E-state index is 0.116. The molecule has 0 amide bonds. The second kappa shape index (κ2) is 6.11. The second-order valence-electron chi connectivity index (χ2n) is 6.99. The van der Waals surface area contributed by atoms with Crippen molar-refractivity contribution in [2.45, 2.75) is 39.3 Å². The fourth-order valence-corrected chi connectivity index (χ4v) is 3.71. The summed E-state index contributed by atoms with van der Waals surface area (Å²) < 4.78 is 1.65. The van der Waals surface area contributed by atoms with E-state index in [-0.39, 0.29) is 5.56 Å². The summed E-state index contributed by atoms with van der Waals surface area (Å²) in [6.07, 6.45) is 3.87. The first-order chi connectivity index (χ1) is 12.0. The maximum Gasteiger partial charge on any atom is 0.262 e. The summed E-state index contributed by atoms with van der Waals surface area (Å²) in [5, 5.41) is 4.67. The van der Waals surface area contributed by atoms with Gasteiger partial charge in [0.25, 0.3) is 5.56 Å². The fourth-order valence-electron chi connectivity index (χ4n) is 3.71. The lowest BCUT2D eigenvalue weighted by Crippen LogP contribution is -2.25. The fraction of sp³-hybridized carbons (Fsp3) is 0.421. The number of rotatable bonds is 3. The van der Waals surface area contributed by atoms with Gasteiger partial charge in [-0.05, 0) is 49.9 Å². The summed E-state index contributed by atoms with van der Waals surface area (Å²) in [4.78, 5) is 22.2. The van der Waals surface area contributed by atoms with Gasteiger partial charge in [-0.1, -0.05) is 18.2 Å². The maximum atomic E-state index is 12.3. The summed E-state index contributed by atoms with van der Waals surface area (Å²) in [7, 11) is 1.81. The summed E-state index contributed by atoms with van der Waals surface area (Å²) in [5.41, 5.74) is 4.52. The predicted molar refractivity (Wildman–Crippen MR) is 97.4 cm³/mol. The van der Waals surface area contributed by atoms with Gasteiger partial charge in [-0.15, -0.1) is 0 Å². The van der Waals surface area contributed by atoms with Crippen LogP contribution in [0, 0.1) is 13.8 Å². The molecule has 0 bridgehead atoms. The topological polar surface area (TPSA) is 66.8 Å². The maximum absolute atomic E-state index is 12.3. The summed E-state index contributed by atoms with van der Waals surface area (Å²) in [5.74, 6) is 0.705. The van der Waals surface area contributed by atoms with Crippen LogP contribution >= 0.6 is 0 Å². The zero-order chi connectivity index (χ0) is 17.6. The Bertz CT molecular complexity index is 987. The highest BCUT2D eigenvalue weighted by Gasteiger charge is 2.27. The molecular formula is C19H23N5O. The minimum Gasteiger partial charge on any atom is -0.309 e. The number of hydrogen-bond donors (Lipinski definition) is 1. The predicted octanol–water partition coefficient (Wildman–Crippen LogP) is 2.61. The van der Waals surface area contributed by atoms with Crippen LogP contribution in [-0.4, -0.2) is 31.2 Å². The van der Waals surface area contributed by atoms with Crippen molar-refractivity contribution in [3.8, 4) is 0 Å². The molecular weight excluding hydrogens is 314 g/mol. The molecule has 3 heterocycles. The van der Waals surface area contributed by atoms with Gasteiger partial charge in [0.1, 0.15) is 11.2 Å². The van der Waals surface area contributed by atoms with Gasteiger partial charge in [-0.2, -0.15) is 5.10 Å². The van der Waals surface area contributed by atoms with Crippen molar-refractivity contribution in [3.05, 3.63) is 57.3 Å². The standard InChI is InChI=1S/C19H23N5O/c1-12-6-7-14(9-13(12)2)16-5-4-8-24(16)11-17-21-18-15(19(25)22-17)10-20-23(18)3/h6-7,9-10,16H,4-5,8,11H2,1-3H3,(H,21,22,25). The van der Waals surface area contributed by atoms with Crippen molar-refractivity contribution < 1.29 is 0 Å². The van der Waals surface area contributed by atoms with Crippen LogP contribution in [0.5, 0.6) is 0 Å². The van der Waals surface area contributed by atoms with Crippen LogP contribution < -0.4 is 5.56 Å². The molecule has 1 aliphatic heterocycles. The second-order valence-corrected chi connectivity index (χ2v) is 6.99. The third-order valence-electron chi connectivity index (χ3n) is 5.28. The molecule has 1 atom stereocenters. The van der Waals surface area contributed by atoms with Gasteiger partial charge < -0.3 is 4.98 Å². The first-order valence-corrected chi connectivity index (χ1v) is 8.75. The molecule has 4 rings (SSSR count). The monoisotopic (exact) mass is 337 g/mol. The van der Waals surface area contributed by atoms with E-state index in [1.807, 2.05) is 7.05 Å². The molecule has 0 radical (unpaired) electrons. The Kier molecular flexibility index (Phi) is 3.92. The van der Waals surface area contributed by atoms with E-state index in [2.05, 4.69) is 52.0 Å². The van der Waals surface area contributed by atoms with E-state index in [1.54, 1.807) is 10.9 Å². The number of nitrogens with one attached hydrogen (secondary N) is 1. The molecule has 1 aromatic carbocycles. The van der Waals surface area contributed by atoms with E-state index < -0.39 is 0 Å². The first kappa shape index (κ1) is 16.0. The normalized spacial score (nSPS) is 18.3. The highest BCUT2D eigenvalue weighted by molar-refractivity contribution is 5.72.